The van der Waals surface area contributed by atoms with Crippen LogP contribution in [0.3, 0.4) is 0 Å². The number of benzene rings is 1. The molecule has 0 bridgehead atoms. The van der Waals surface area contributed by atoms with Crippen molar-refractivity contribution in [1.29, 1.82) is 0 Å². The van der Waals surface area contributed by atoms with Crippen LogP contribution in [0.2, 0.25) is 5.02 Å². The summed E-state index contributed by atoms with van der Waals surface area (Å²) in [7, 11) is 1.50. The fourth-order valence-electron chi connectivity index (χ4n) is 4.09. The van der Waals surface area contributed by atoms with E-state index in [0.29, 0.717) is 29.8 Å². The zero-order valence-corrected chi connectivity index (χ0v) is 18.2. The molecule has 168 valence electrons. The Morgan fingerprint density at radius 3 is 2.69 bits per heavy atom. The van der Waals surface area contributed by atoms with Gasteiger partial charge in [0.25, 0.3) is 17.9 Å². The molecule has 0 saturated heterocycles. The van der Waals surface area contributed by atoms with Gasteiger partial charge >= 0.3 is 0 Å². The van der Waals surface area contributed by atoms with Gasteiger partial charge in [0.15, 0.2) is 5.69 Å². The monoisotopic (exact) mass is 462 g/mol. The molecule has 3 heterocycles. The molecular formula is C21H21ClF2N6O2. The number of hydrogen-bond acceptors (Lipinski definition) is 5. The van der Waals surface area contributed by atoms with Gasteiger partial charge in [0.2, 0.25) is 0 Å². The number of carbonyl (C=O) groups is 1. The van der Waals surface area contributed by atoms with Crippen LogP contribution in [-0.2, 0) is 13.0 Å². The van der Waals surface area contributed by atoms with Crippen LogP contribution in [0.5, 0.6) is 0 Å². The first-order chi connectivity index (χ1) is 15.3. The number of anilines is 1. The van der Waals surface area contributed by atoms with Crippen LogP contribution < -0.4 is 15.8 Å². The van der Waals surface area contributed by atoms with Crippen molar-refractivity contribution in [1.82, 2.24) is 25.3 Å². The Morgan fingerprint density at radius 1 is 1.28 bits per heavy atom. The lowest BCUT2D eigenvalue weighted by molar-refractivity contribution is 0.0956. The van der Waals surface area contributed by atoms with E-state index in [4.69, 9.17) is 11.6 Å². The van der Waals surface area contributed by atoms with Gasteiger partial charge in [-0.25, -0.2) is 13.9 Å². The Labute approximate surface area is 187 Å². The van der Waals surface area contributed by atoms with Gasteiger partial charge in [-0.3, -0.25) is 14.3 Å². The molecule has 2 aromatic heterocycles. The molecule has 0 saturated carbocycles. The third kappa shape index (κ3) is 3.75. The van der Waals surface area contributed by atoms with Gasteiger partial charge in [0, 0.05) is 43.4 Å². The van der Waals surface area contributed by atoms with Crippen molar-refractivity contribution in [2.45, 2.75) is 32.4 Å². The van der Waals surface area contributed by atoms with Crippen molar-refractivity contribution in [2.24, 2.45) is 0 Å². The molecule has 11 heteroatoms. The third-order valence-corrected chi connectivity index (χ3v) is 6.06. The van der Waals surface area contributed by atoms with Crippen molar-refractivity contribution in [3.8, 4) is 0 Å². The molecule has 1 aliphatic heterocycles. The third-order valence-electron chi connectivity index (χ3n) is 5.69. The van der Waals surface area contributed by atoms with E-state index in [1.165, 1.54) is 19.3 Å². The molecule has 1 aromatic carbocycles. The molecule has 8 nitrogen and oxygen atoms in total. The fourth-order valence-corrected chi connectivity index (χ4v) is 4.30. The topological polar surface area (TPSA) is 95.9 Å². The summed E-state index contributed by atoms with van der Waals surface area (Å²) in [6, 6.07) is 5.82. The molecule has 1 amide bonds. The summed E-state index contributed by atoms with van der Waals surface area (Å²) >= 11 is 6.17. The van der Waals surface area contributed by atoms with Gasteiger partial charge in [-0.15, -0.1) is 0 Å². The molecule has 1 atom stereocenters. The molecule has 0 aliphatic carbocycles. The summed E-state index contributed by atoms with van der Waals surface area (Å²) in [5.41, 5.74) is 1.98. The summed E-state index contributed by atoms with van der Waals surface area (Å²) in [5, 5.41) is 13.2. The van der Waals surface area contributed by atoms with Gasteiger partial charge in [0.05, 0.1) is 17.9 Å². The lowest BCUT2D eigenvalue weighted by atomic mass is 10.00. The number of hydrogen-bond donors (Lipinski definition) is 2. The smallest absolute Gasteiger partial charge is 0.285 e. The Bertz CT molecular complexity index is 1230. The van der Waals surface area contributed by atoms with Crippen molar-refractivity contribution >= 4 is 23.2 Å². The zero-order valence-electron chi connectivity index (χ0n) is 17.4. The highest BCUT2D eigenvalue weighted by Crippen LogP contribution is 2.34. The number of halogens is 3. The second-order valence-corrected chi connectivity index (χ2v) is 7.85. The largest absolute Gasteiger partial charge is 0.364 e. The number of carbonyl (C=O) groups excluding carboxylic acids is 1. The Hall–Kier alpha value is -3.27. The van der Waals surface area contributed by atoms with Crippen LogP contribution >= 0.6 is 11.6 Å². The second-order valence-electron chi connectivity index (χ2n) is 7.47. The van der Waals surface area contributed by atoms with Crippen LogP contribution in [0.15, 0.2) is 35.3 Å². The zero-order chi connectivity index (χ0) is 23.0. The van der Waals surface area contributed by atoms with Gasteiger partial charge in [-0.1, -0.05) is 35.9 Å². The number of aromatic nitrogens is 4. The Kier molecular flexibility index (Phi) is 5.96. The number of nitrogens with zero attached hydrogens (tertiary/aromatic N) is 4. The number of rotatable bonds is 5. The maximum atomic E-state index is 13.6. The van der Waals surface area contributed by atoms with E-state index in [1.807, 2.05) is 4.90 Å². The highest BCUT2D eigenvalue weighted by molar-refractivity contribution is 6.33. The van der Waals surface area contributed by atoms with Gasteiger partial charge in [-0.05, 0) is 12.5 Å². The number of amides is 1. The predicted molar refractivity (Wildman–Crippen MR) is 115 cm³/mol. The maximum Gasteiger partial charge on any atom is 0.285 e. The number of H-pyrrole nitrogens is 1. The Balaban J connectivity index is 1.79. The maximum absolute atomic E-state index is 13.6. The summed E-state index contributed by atoms with van der Waals surface area (Å²) in [4.78, 5) is 26.3. The molecular weight excluding hydrogens is 442 g/mol. The van der Waals surface area contributed by atoms with Crippen LogP contribution in [0.4, 0.5) is 14.5 Å². The molecule has 0 unspecified atom stereocenters. The molecule has 4 rings (SSSR count). The highest BCUT2D eigenvalue weighted by atomic mass is 35.5. The first-order valence-corrected chi connectivity index (χ1v) is 10.4. The minimum absolute atomic E-state index is 0.0107. The lowest BCUT2D eigenvalue weighted by Gasteiger charge is -2.30. The Morgan fingerprint density at radius 2 is 2.00 bits per heavy atom. The molecule has 32 heavy (non-hydrogen) atoms. The van der Waals surface area contributed by atoms with Crippen LogP contribution in [0.25, 0.3) is 0 Å². The van der Waals surface area contributed by atoms with E-state index >= 15 is 0 Å². The van der Waals surface area contributed by atoms with Crippen molar-refractivity contribution in [2.75, 3.05) is 18.5 Å². The molecule has 1 aliphatic rings. The second kappa shape index (κ2) is 8.70. The SMILES string of the molecule is CNC(=O)c1nn([C@H](C)c2ccccc2C(F)F)c2c1CN(c1cn[nH]c(=O)c1Cl)CC2. The number of fused-ring (bicyclic) bond motifs is 1. The van der Waals surface area contributed by atoms with E-state index in [2.05, 4.69) is 20.6 Å². The van der Waals surface area contributed by atoms with Crippen LogP contribution in [0.1, 0.15) is 52.3 Å². The van der Waals surface area contributed by atoms with Crippen molar-refractivity contribution in [3.05, 3.63) is 73.9 Å². The minimum atomic E-state index is -2.63. The highest BCUT2D eigenvalue weighted by Gasteiger charge is 2.31. The number of alkyl halides is 2. The molecule has 0 radical (unpaired) electrons. The van der Waals surface area contributed by atoms with Gasteiger partial charge < -0.3 is 10.2 Å². The predicted octanol–water partition coefficient (Wildman–Crippen LogP) is 3.09. The average Bonchev–Trinajstić information content (AvgIpc) is 3.18. The summed E-state index contributed by atoms with van der Waals surface area (Å²) in [6.45, 7) is 2.54. The van der Waals surface area contributed by atoms with E-state index in [9.17, 15) is 18.4 Å². The normalized spacial score (nSPS) is 14.4. The summed E-state index contributed by atoms with van der Waals surface area (Å²) in [5.74, 6) is -0.383. The fraction of sp³-hybridized carbons (Fsp3) is 0.333. The minimum Gasteiger partial charge on any atom is -0.364 e. The standard InChI is InChI=1S/C21H21ClF2N6O2/c1-11(12-5-3-4-6-13(12)19(23)24)30-15-7-8-29(16-9-26-27-20(31)17(16)22)10-14(15)18(28-30)21(32)25-2/h3-6,9,11,19H,7-8,10H2,1-2H3,(H,25,32)(H,27,31)/t11-/m1/s1. The average molecular weight is 463 g/mol. The first kappa shape index (κ1) is 21.9. The van der Waals surface area contributed by atoms with E-state index in [-0.39, 0.29) is 28.7 Å². The van der Waals surface area contributed by atoms with Gasteiger partial charge in [0.1, 0.15) is 5.02 Å². The van der Waals surface area contributed by atoms with Crippen molar-refractivity contribution in [3.63, 3.8) is 0 Å². The summed E-state index contributed by atoms with van der Waals surface area (Å²) in [6.07, 6.45) is -0.691. The molecule has 0 spiro atoms. The quantitative estimate of drug-likeness (QED) is 0.607. The van der Waals surface area contributed by atoms with E-state index < -0.39 is 18.0 Å². The van der Waals surface area contributed by atoms with E-state index in [1.54, 1.807) is 29.8 Å². The number of nitrogens with one attached hydrogen (secondary N) is 2. The van der Waals surface area contributed by atoms with Crippen LogP contribution in [-0.4, -0.2) is 39.5 Å². The lowest BCUT2D eigenvalue weighted by Crippen LogP contribution is -2.33. The van der Waals surface area contributed by atoms with Gasteiger partial charge in [-0.2, -0.15) is 10.2 Å². The van der Waals surface area contributed by atoms with E-state index in [0.717, 1.165) is 5.69 Å². The van der Waals surface area contributed by atoms with Crippen LogP contribution in [0, 0.1) is 0 Å². The molecule has 0 fully saturated rings. The molecule has 2 N–H and O–H groups in total. The molecule has 3 aromatic rings. The summed E-state index contributed by atoms with van der Waals surface area (Å²) < 4.78 is 28.8. The first-order valence-electron chi connectivity index (χ1n) is 10.0. The van der Waals surface area contributed by atoms with Crippen molar-refractivity contribution < 1.29 is 13.6 Å². The number of aromatic amines is 1.